The lowest BCUT2D eigenvalue weighted by Crippen LogP contribution is -2.41. The first-order chi connectivity index (χ1) is 7.49. The zero-order chi connectivity index (χ0) is 12.0. The Morgan fingerprint density at radius 1 is 1.19 bits per heavy atom. The molecule has 0 fully saturated rings. The summed E-state index contributed by atoms with van der Waals surface area (Å²) in [5, 5.41) is 2.76. The SMILES string of the molecule is CC1(C)CNC(=O)CC/C=C\CCC(=O)O1. The van der Waals surface area contributed by atoms with Gasteiger partial charge in [-0.25, -0.2) is 0 Å². The molecule has 1 N–H and O–H groups in total. The number of cyclic esters (lactones) is 1. The topological polar surface area (TPSA) is 55.4 Å². The quantitative estimate of drug-likeness (QED) is 0.502. The number of amides is 1. The van der Waals surface area contributed by atoms with Crippen molar-refractivity contribution in [3.05, 3.63) is 12.2 Å². The lowest BCUT2D eigenvalue weighted by Gasteiger charge is -2.25. The maximum atomic E-state index is 11.4. The third-order valence-electron chi connectivity index (χ3n) is 2.32. The van der Waals surface area contributed by atoms with Crippen LogP contribution in [0.5, 0.6) is 0 Å². The number of nitrogens with one attached hydrogen (secondary N) is 1. The van der Waals surface area contributed by atoms with Gasteiger partial charge in [-0.1, -0.05) is 12.2 Å². The average molecular weight is 225 g/mol. The first-order valence-electron chi connectivity index (χ1n) is 5.63. The van der Waals surface area contributed by atoms with Crippen LogP contribution < -0.4 is 5.32 Å². The van der Waals surface area contributed by atoms with Crippen LogP contribution in [0.25, 0.3) is 0 Å². The molecule has 1 aliphatic rings. The van der Waals surface area contributed by atoms with E-state index in [4.69, 9.17) is 4.74 Å². The summed E-state index contributed by atoms with van der Waals surface area (Å²) < 4.78 is 5.27. The second-order valence-electron chi connectivity index (χ2n) is 4.56. The van der Waals surface area contributed by atoms with E-state index < -0.39 is 5.60 Å². The van der Waals surface area contributed by atoms with Gasteiger partial charge in [-0.3, -0.25) is 9.59 Å². The summed E-state index contributed by atoms with van der Waals surface area (Å²) in [5.74, 6) is -0.223. The summed E-state index contributed by atoms with van der Waals surface area (Å²) in [6.07, 6.45) is 6.13. The van der Waals surface area contributed by atoms with Crippen molar-refractivity contribution >= 4 is 11.9 Å². The first kappa shape index (κ1) is 12.7. The Hall–Kier alpha value is -1.32. The number of hydrogen-bond acceptors (Lipinski definition) is 3. The zero-order valence-corrected chi connectivity index (χ0v) is 9.91. The van der Waals surface area contributed by atoms with Gasteiger partial charge >= 0.3 is 5.97 Å². The second kappa shape index (κ2) is 5.68. The van der Waals surface area contributed by atoms with Crippen molar-refractivity contribution in [2.75, 3.05) is 6.54 Å². The summed E-state index contributed by atoms with van der Waals surface area (Å²) in [7, 11) is 0. The third-order valence-corrected chi connectivity index (χ3v) is 2.32. The summed E-state index contributed by atoms with van der Waals surface area (Å²) in [6, 6.07) is 0. The summed E-state index contributed by atoms with van der Waals surface area (Å²) >= 11 is 0. The molecule has 0 saturated heterocycles. The Kier molecular flexibility index (Phi) is 4.52. The van der Waals surface area contributed by atoms with Gasteiger partial charge in [0.2, 0.25) is 5.91 Å². The maximum Gasteiger partial charge on any atom is 0.306 e. The fraction of sp³-hybridized carbons (Fsp3) is 0.667. The average Bonchev–Trinajstić information content (AvgIpc) is 2.18. The van der Waals surface area contributed by atoms with Crippen LogP contribution in [0.3, 0.4) is 0 Å². The van der Waals surface area contributed by atoms with Crippen LogP contribution in [0.2, 0.25) is 0 Å². The Bertz CT molecular complexity index is 295. The van der Waals surface area contributed by atoms with E-state index in [2.05, 4.69) is 5.32 Å². The Balaban J connectivity index is 2.61. The van der Waals surface area contributed by atoms with Crippen molar-refractivity contribution in [2.24, 2.45) is 0 Å². The van der Waals surface area contributed by atoms with Gasteiger partial charge in [0.25, 0.3) is 0 Å². The van der Waals surface area contributed by atoms with Crippen LogP contribution >= 0.6 is 0 Å². The van der Waals surface area contributed by atoms with Gasteiger partial charge in [-0.05, 0) is 26.7 Å². The lowest BCUT2D eigenvalue weighted by molar-refractivity contribution is -0.156. The van der Waals surface area contributed by atoms with E-state index in [9.17, 15) is 9.59 Å². The predicted octanol–water partition coefficient (Wildman–Crippen LogP) is 1.55. The third kappa shape index (κ3) is 4.96. The van der Waals surface area contributed by atoms with Gasteiger partial charge in [0.1, 0.15) is 5.60 Å². The highest BCUT2D eigenvalue weighted by molar-refractivity contribution is 5.76. The predicted molar refractivity (Wildman–Crippen MR) is 60.8 cm³/mol. The summed E-state index contributed by atoms with van der Waals surface area (Å²) in [6.45, 7) is 3.96. The van der Waals surface area contributed by atoms with Gasteiger partial charge in [0.15, 0.2) is 0 Å². The van der Waals surface area contributed by atoms with Gasteiger partial charge in [-0.15, -0.1) is 0 Å². The highest BCUT2D eigenvalue weighted by Crippen LogP contribution is 2.11. The van der Waals surface area contributed by atoms with Crippen LogP contribution in [0.4, 0.5) is 0 Å². The molecule has 1 heterocycles. The number of ether oxygens (including phenoxy) is 1. The molecule has 0 aromatic heterocycles. The molecule has 4 heteroatoms. The van der Waals surface area contributed by atoms with Crippen LogP contribution in [-0.2, 0) is 14.3 Å². The number of esters is 1. The monoisotopic (exact) mass is 225 g/mol. The van der Waals surface area contributed by atoms with Crippen molar-refractivity contribution in [1.82, 2.24) is 5.32 Å². The Morgan fingerprint density at radius 2 is 1.81 bits per heavy atom. The molecule has 0 unspecified atom stereocenters. The van der Waals surface area contributed by atoms with E-state index in [0.717, 1.165) is 6.42 Å². The molecule has 0 atom stereocenters. The van der Waals surface area contributed by atoms with E-state index in [1.54, 1.807) is 13.8 Å². The molecular formula is C12H19NO3. The molecule has 0 radical (unpaired) electrons. The molecule has 90 valence electrons. The summed E-state index contributed by atoms with van der Waals surface area (Å²) in [4.78, 5) is 22.8. The molecule has 0 bridgehead atoms. The number of carbonyl (C=O) groups excluding carboxylic acids is 2. The normalized spacial score (nSPS) is 24.6. The molecule has 0 spiro atoms. The van der Waals surface area contributed by atoms with Crippen molar-refractivity contribution in [2.45, 2.75) is 45.1 Å². The van der Waals surface area contributed by atoms with Crippen LogP contribution in [0, 0.1) is 0 Å². The Morgan fingerprint density at radius 3 is 2.50 bits per heavy atom. The van der Waals surface area contributed by atoms with Gasteiger partial charge < -0.3 is 10.1 Å². The standard InChI is InChI=1S/C12H19NO3/c1-12(2)9-13-10(14)7-5-3-4-6-8-11(15)16-12/h3-4H,5-9H2,1-2H3,(H,13,14)/b4-3-. The number of rotatable bonds is 0. The largest absolute Gasteiger partial charge is 0.458 e. The Labute approximate surface area is 96.0 Å². The van der Waals surface area contributed by atoms with E-state index in [1.165, 1.54) is 0 Å². The molecule has 1 aliphatic heterocycles. The van der Waals surface area contributed by atoms with Crippen LogP contribution in [0.15, 0.2) is 12.2 Å². The molecule has 0 saturated carbocycles. The van der Waals surface area contributed by atoms with Crippen LogP contribution in [-0.4, -0.2) is 24.0 Å². The van der Waals surface area contributed by atoms with Gasteiger partial charge in [0, 0.05) is 12.8 Å². The second-order valence-corrected chi connectivity index (χ2v) is 4.56. The fourth-order valence-electron chi connectivity index (χ4n) is 1.45. The van der Waals surface area contributed by atoms with Gasteiger partial charge in [-0.2, -0.15) is 0 Å². The van der Waals surface area contributed by atoms with E-state index in [-0.39, 0.29) is 11.9 Å². The first-order valence-corrected chi connectivity index (χ1v) is 5.63. The minimum absolute atomic E-state index is 0.00523. The van der Waals surface area contributed by atoms with Gasteiger partial charge in [0.05, 0.1) is 6.54 Å². The molecule has 0 aliphatic carbocycles. The van der Waals surface area contributed by atoms with E-state index in [0.29, 0.717) is 25.8 Å². The molecule has 4 nitrogen and oxygen atoms in total. The summed E-state index contributed by atoms with van der Waals surface area (Å²) in [5.41, 5.74) is -0.629. The molecular weight excluding hydrogens is 206 g/mol. The number of hydrogen-bond donors (Lipinski definition) is 1. The minimum atomic E-state index is -0.629. The van der Waals surface area contributed by atoms with Crippen molar-refractivity contribution < 1.29 is 14.3 Å². The lowest BCUT2D eigenvalue weighted by atomic mass is 10.1. The van der Waals surface area contributed by atoms with Crippen molar-refractivity contribution in [3.8, 4) is 0 Å². The molecule has 0 aromatic carbocycles. The van der Waals surface area contributed by atoms with Crippen LogP contribution in [0.1, 0.15) is 39.5 Å². The molecule has 16 heavy (non-hydrogen) atoms. The zero-order valence-electron chi connectivity index (χ0n) is 9.91. The minimum Gasteiger partial charge on any atom is -0.458 e. The van der Waals surface area contributed by atoms with E-state index in [1.807, 2.05) is 12.2 Å². The fourth-order valence-corrected chi connectivity index (χ4v) is 1.45. The molecule has 0 aromatic rings. The number of allylic oxidation sites excluding steroid dienone is 2. The highest BCUT2D eigenvalue weighted by Gasteiger charge is 2.23. The molecule has 1 rings (SSSR count). The molecule has 1 amide bonds. The smallest absolute Gasteiger partial charge is 0.306 e. The number of carbonyl (C=O) groups is 2. The van der Waals surface area contributed by atoms with Crippen molar-refractivity contribution in [3.63, 3.8) is 0 Å². The maximum absolute atomic E-state index is 11.4. The van der Waals surface area contributed by atoms with Crippen molar-refractivity contribution in [1.29, 1.82) is 0 Å². The van der Waals surface area contributed by atoms with E-state index >= 15 is 0 Å². The highest BCUT2D eigenvalue weighted by atomic mass is 16.6.